The minimum absolute atomic E-state index is 0.0169. The Morgan fingerprint density at radius 2 is 2.18 bits per heavy atom. The molecule has 1 aromatic carbocycles. The van der Waals surface area contributed by atoms with E-state index in [2.05, 4.69) is 18.7 Å². The average Bonchev–Trinajstić information content (AvgIpc) is 2.58. The highest BCUT2D eigenvalue weighted by Gasteiger charge is 2.29. The van der Waals surface area contributed by atoms with Crippen LogP contribution in [-0.4, -0.2) is 18.9 Å². The van der Waals surface area contributed by atoms with Gasteiger partial charge in [-0.05, 0) is 30.0 Å². The summed E-state index contributed by atoms with van der Waals surface area (Å²) in [6, 6.07) is 5.72. The monoisotopic (exact) mass is 251 g/mol. The number of halogens is 1. The number of hydrogen-bond acceptors (Lipinski definition) is 2. The third-order valence-corrected chi connectivity index (χ3v) is 3.60. The molecule has 0 aliphatic carbocycles. The maximum absolute atomic E-state index is 7.40. The van der Waals surface area contributed by atoms with Gasteiger partial charge in [0.1, 0.15) is 5.84 Å². The van der Waals surface area contributed by atoms with Crippen LogP contribution in [0.25, 0.3) is 0 Å². The summed E-state index contributed by atoms with van der Waals surface area (Å²) in [7, 11) is 0. The highest BCUT2D eigenvalue weighted by Crippen LogP contribution is 2.33. The summed E-state index contributed by atoms with van der Waals surface area (Å²) in [4.78, 5) is 2.33. The Balaban J connectivity index is 2.24. The summed E-state index contributed by atoms with van der Waals surface area (Å²) >= 11 is 6.13. The first-order valence-electron chi connectivity index (χ1n) is 5.78. The van der Waals surface area contributed by atoms with Crippen molar-refractivity contribution in [3.8, 4) is 0 Å². The molecule has 0 atom stereocenters. The zero-order valence-corrected chi connectivity index (χ0v) is 11.0. The maximum atomic E-state index is 7.40. The summed E-state index contributed by atoms with van der Waals surface area (Å²) in [5.74, 6) is 0.0169. The molecular weight excluding hydrogens is 234 g/mol. The van der Waals surface area contributed by atoms with E-state index in [1.54, 1.807) is 0 Å². The molecule has 4 heteroatoms. The van der Waals surface area contributed by atoms with E-state index in [1.807, 2.05) is 18.2 Å². The fraction of sp³-hybridized carbons (Fsp3) is 0.462. The summed E-state index contributed by atoms with van der Waals surface area (Å²) < 4.78 is 0. The summed E-state index contributed by atoms with van der Waals surface area (Å²) in [6.07, 6.45) is 1.19. The Hall–Kier alpha value is -1.22. The lowest BCUT2D eigenvalue weighted by atomic mass is 9.93. The third-order valence-electron chi connectivity index (χ3n) is 3.29. The third kappa shape index (κ3) is 2.55. The first-order valence-corrected chi connectivity index (χ1v) is 6.16. The van der Waals surface area contributed by atoms with Gasteiger partial charge in [0.2, 0.25) is 0 Å². The van der Waals surface area contributed by atoms with Gasteiger partial charge in [-0.2, -0.15) is 0 Å². The van der Waals surface area contributed by atoms with Gasteiger partial charge in [-0.25, -0.2) is 0 Å². The molecule has 0 aromatic heterocycles. The molecule has 1 heterocycles. The molecule has 0 spiro atoms. The lowest BCUT2D eigenvalue weighted by molar-refractivity contribution is 0.418. The molecule has 1 fully saturated rings. The number of benzene rings is 1. The van der Waals surface area contributed by atoms with E-state index < -0.39 is 0 Å². The van der Waals surface area contributed by atoms with Crippen LogP contribution in [0.15, 0.2) is 18.2 Å². The van der Waals surface area contributed by atoms with Crippen molar-refractivity contribution in [1.82, 2.24) is 0 Å². The number of rotatable bonds is 2. The molecule has 0 radical (unpaired) electrons. The van der Waals surface area contributed by atoms with Crippen molar-refractivity contribution in [3.05, 3.63) is 28.8 Å². The van der Waals surface area contributed by atoms with Gasteiger partial charge in [0.15, 0.2) is 0 Å². The van der Waals surface area contributed by atoms with E-state index in [4.69, 9.17) is 22.7 Å². The van der Waals surface area contributed by atoms with Crippen LogP contribution in [0.4, 0.5) is 5.69 Å². The quantitative estimate of drug-likeness (QED) is 0.627. The minimum Gasteiger partial charge on any atom is -0.384 e. The molecule has 1 saturated heterocycles. The summed E-state index contributed by atoms with van der Waals surface area (Å²) in [5.41, 5.74) is 7.53. The predicted molar refractivity (Wildman–Crippen MR) is 73.1 cm³/mol. The highest BCUT2D eigenvalue weighted by atomic mass is 35.5. The number of amidine groups is 1. The second kappa shape index (κ2) is 4.22. The first-order chi connectivity index (χ1) is 7.89. The molecule has 0 amide bonds. The van der Waals surface area contributed by atoms with E-state index >= 15 is 0 Å². The zero-order valence-electron chi connectivity index (χ0n) is 10.3. The fourth-order valence-corrected chi connectivity index (χ4v) is 2.53. The van der Waals surface area contributed by atoms with Crippen molar-refractivity contribution in [2.45, 2.75) is 20.3 Å². The topological polar surface area (TPSA) is 53.1 Å². The number of nitrogens with one attached hydrogen (secondary N) is 1. The number of nitrogens with two attached hydrogens (primary N) is 1. The molecule has 1 aromatic rings. The number of anilines is 1. The largest absolute Gasteiger partial charge is 0.384 e. The Morgan fingerprint density at radius 1 is 1.47 bits per heavy atom. The minimum atomic E-state index is 0.0169. The van der Waals surface area contributed by atoms with Crippen molar-refractivity contribution in [2.24, 2.45) is 11.1 Å². The zero-order chi connectivity index (χ0) is 12.6. The van der Waals surface area contributed by atoms with E-state index in [-0.39, 0.29) is 5.84 Å². The molecule has 17 heavy (non-hydrogen) atoms. The van der Waals surface area contributed by atoms with Crippen molar-refractivity contribution >= 4 is 23.1 Å². The van der Waals surface area contributed by atoms with E-state index in [0.29, 0.717) is 16.0 Å². The van der Waals surface area contributed by atoms with Crippen molar-refractivity contribution < 1.29 is 0 Å². The first kappa shape index (κ1) is 12.2. The molecule has 0 unspecified atom stereocenters. The van der Waals surface area contributed by atoms with Gasteiger partial charge in [0.25, 0.3) is 0 Å². The number of nitrogens with zero attached hydrogens (tertiary/aromatic N) is 1. The lowest BCUT2D eigenvalue weighted by Crippen LogP contribution is -2.23. The van der Waals surface area contributed by atoms with Gasteiger partial charge in [0.05, 0.1) is 5.02 Å². The normalized spacial score (nSPS) is 18.4. The molecule has 0 bridgehead atoms. The van der Waals surface area contributed by atoms with E-state index in [0.717, 1.165) is 18.8 Å². The highest BCUT2D eigenvalue weighted by molar-refractivity contribution is 6.34. The van der Waals surface area contributed by atoms with Gasteiger partial charge in [-0.1, -0.05) is 25.4 Å². The Labute approximate surface area is 107 Å². The number of nitrogen functional groups attached to an aromatic ring is 1. The molecule has 1 aliphatic rings. The van der Waals surface area contributed by atoms with Crippen molar-refractivity contribution in [2.75, 3.05) is 18.0 Å². The Kier molecular flexibility index (Phi) is 3.04. The molecular formula is C13H18ClN3. The van der Waals surface area contributed by atoms with Crippen LogP contribution in [0.1, 0.15) is 25.8 Å². The second-order valence-electron chi connectivity index (χ2n) is 5.41. The lowest BCUT2D eigenvalue weighted by Gasteiger charge is -2.22. The van der Waals surface area contributed by atoms with Crippen LogP contribution in [0.5, 0.6) is 0 Å². The number of hydrogen-bond donors (Lipinski definition) is 2. The maximum Gasteiger partial charge on any atom is 0.124 e. The van der Waals surface area contributed by atoms with Gasteiger partial charge < -0.3 is 10.6 Å². The van der Waals surface area contributed by atoms with Gasteiger partial charge in [0, 0.05) is 24.3 Å². The van der Waals surface area contributed by atoms with Crippen LogP contribution >= 0.6 is 11.6 Å². The Bertz CT molecular complexity index is 454. The fourth-order valence-electron chi connectivity index (χ4n) is 2.25. The predicted octanol–water partition coefficient (Wildman–Crippen LogP) is 2.86. The molecule has 2 rings (SSSR count). The smallest absolute Gasteiger partial charge is 0.124 e. The standard InChI is InChI=1S/C13H18ClN3/c1-13(2)5-6-17(8-13)9-3-4-10(12(15)16)11(14)7-9/h3-4,7H,5-6,8H2,1-2H3,(H3,15,16). The van der Waals surface area contributed by atoms with Crippen molar-refractivity contribution in [3.63, 3.8) is 0 Å². The SMILES string of the molecule is CC1(C)CCN(c2ccc(C(=N)N)c(Cl)c2)C1. The Morgan fingerprint density at radius 3 is 2.65 bits per heavy atom. The van der Waals surface area contributed by atoms with Gasteiger partial charge in [-0.3, -0.25) is 5.41 Å². The molecule has 3 N–H and O–H groups in total. The van der Waals surface area contributed by atoms with Crippen molar-refractivity contribution in [1.29, 1.82) is 5.41 Å². The summed E-state index contributed by atoms with van der Waals surface area (Å²) in [5, 5.41) is 7.95. The van der Waals surface area contributed by atoms with Gasteiger partial charge in [-0.15, -0.1) is 0 Å². The van der Waals surface area contributed by atoms with Crippen LogP contribution in [-0.2, 0) is 0 Å². The van der Waals surface area contributed by atoms with Gasteiger partial charge >= 0.3 is 0 Å². The summed E-state index contributed by atoms with van der Waals surface area (Å²) in [6.45, 7) is 6.66. The molecule has 92 valence electrons. The van der Waals surface area contributed by atoms with Crippen LogP contribution in [0.3, 0.4) is 0 Å². The van der Waals surface area contributed by atoms with E-state index in [1.165, 1.54) is 6.42 Å². The van der Waals surface area contributed by atoms with Crippen LogP contribution < -0.4 is 10.6 Å². The van der Waals surface area contributed by atoms with E-state index in [9.17, 15) is 0 Å². The average molecular weight is 252 g/mol. The molecule has 3 nitrogen and oxygen atoms in total. The molecule has 1 aliphatic heterocycles. The second-order valence-corrected chi connectivity index (χ2v) is 5.82. The molecule has 0 saturated carbocycles. The van der Waals surface area contributed by atoms with Crippen LogP contribution in [0, 0.1) is 10.8 Å². The van der Waals surface area contributed by atoms with Crippen LogP contribution in [0.2, 0.25) is 5.02 Å².